The molecule has 3 saturated heterocycles. The van der Waals surface area contributed by atoms with Gasteiger partial charge in [-0.3, -0.25) is 4.79 Å². The van der Waals surface area contributed by atoms with Crippen LogP contribution in [0.4, 0.5) is 0 Å². The average molecular weight is 270 g/mol. The number of fused-ring (bicyclic) bond motifs is 2. The second-order valence-corrected chi connectivity index (χ2v) is 6.60. The first-order chi connectivity index (χ1) is 9.83. The van der Waals surface area contributed by atoms with Gasteiger partial charge in [0.15, 0.2) is 0 Å². The van der Waals surface area contributed by atoms with Gasteiger partial charge in [0.2, 0.25) is 5.91 Å². The quantitative estimate of drug-likeness (QED) is 0.887. The van der Waals surface area contributed by atoms with Gasteiger partial charge in [-0.15, -0.1) is 0 Å². The van der Waals surface area contributed by atoms with E-state index >= 15 is 0 Å². The normalized spacial score (nSPS) is 35.1. The Morgan fingerprint density at radius 1 is 1.15 bits per heavy atom. The molecule has 106 valence electrons. The van der Waals surface area contributed by atoms with E-state index in [9.17, 15) is 4.79 Å². The Hall–Kier alpha value is -1.35. The fourth-order valence-electron chi connectivity index (χ4n) is 4.63. The molecule has 3 heteroatoms. The third kappa shape index (κ3) is 1.96. The minimum atomic E-state index is 0.330. The van der Waals surface area contributed by atoms with Crippen LogP contribution in [0, 0.1) is 17.8 Å². The van der Waals surface area contributed by atoms with Crippen LogP contribution in [0.25, 0.3) is 0 Å². The first-order valence-corrected chi connectivity index (χ1v) is 7.87. The molecule has 1 amide bonds. The number of hydrogen-bond acceptors (Lipinski definition) is 2. The maximum atomic E-state index is 12.7. The lowest BCUT2D eigenvalue weighted by molar-refractivity contribution is -0.142. The van der Waals surface area contributed by atoms with Crippen LogP contribution in [0.15, 0.2) is 30.3 Å². The predicted molar refractivity (Wildman–Crippen MR) is 78.2 cm³/mol. The zero-order chi connectivity index (χ0) is 13.5. The lowest BCUT2D eigenvalue weighted by Gasteiger charge is -2.52. The van der Waals surface area contributed by atoms with Gasteiger partial charge < -0.3 is 10.2 Å². The van der Waals surface area contributed by atoms with Gasteiger partial charge in [0.25, 0.3) is 0 Å². The van der Waals surface area contributed by atoms with Crippen molar-refractivity contribution >= 4 is 5.91 Å². The Morgan fingerprint density at radius 3 is 2.80 bits per heavy atom. The SMILES string of the molecule is O=C(Cc1ccccc1)N1C[C@H]2CC[C@H]1[C@@H]1CNC[C@@H]21. The van der Waals surface area contributed by atoms with E-state index in [0.29, 0.717) is 24.3 Å². The van der Waals surface area contributed by atoms with Crippen LogP contribution in [0.3, 0.4) is 0 Å². The molecular weight excluding hydrogens is 248 g/mol. The number of piperidine rings is 2. The lowest BCUT2D eigenvalue weighted by atomic mass is 9.66. The second-order valence-electron chi connectivity index (χ2n) is 6.60. The van der Waals surface area contributed by atoms with Crippen molar-refractivity contribution in [1.29, 1.82) is 0 Å². The molecule has 1 N–H and O–H groups in total. The Morgan fingerprint density at radius 2 is 1.95 bits per heavy atom. The van der Waals surface area contributed by atoms with E-state index < -0.39 is 0 Å². The summed E-state index contributed by atoms with van der Waals surface area (Å²) in [6.07, 6.45) is 3.10. The van der Waals surface area contributed by atoms with Gasteiger partial charge in [-0.1, -0.05) is 30.3 Å². The third-order valence-electron chi connectivity index (χ3n) is 5.59. The minimum Gasteiger partial charge on any atom is -0.339 e. The smallest absolute Gasteiger partial charge is 0.227 e. The Kier molecular flexibility index (Phi) is 3.03. The highest BCUT2D eigenvalue weighted by molar-refractivity contribution is 5.79. The summed E-state index contributed by atoms with van der Waals surface area (Å²) in [7, 11) is 0. The number of hydrogen-bond donors (Lipinski definition) is 1. The zero-order valence-electron chi connectivity index (χ0n) is 11.8. The lowest BCUT2D eigenvalue weighted by Crippen LogP contribution is -2.59. The van der Waals surface area contributed by atoms with E-state index in [2.05, 4.69) is 22.3 Å². The standard InChI is InChI=1S/C17H22N2O/c20-17(8-12-4-2-1-3-5-12)19-11-13-6-7-16(19)15-10-18-9-14(13)15/h1-5,13-16,18H,6-11H2/t13-,14+,15-,16+/m1/s1. The second kappa shape index (κ2) is 4.88. The molecule has 1 aromatic rings. The molecule has 0 unspecified atom stereocenters. The monoisotopic (exact) mass is 270 g/mol. The van der Waals surface area contributed by atoms with Crippen molar-refractivity contribution in [3.63, 3.8) is 0 Å². The van der Waals surface area contributed by atoms with Crippen molar-refractivity contribution < 1.29 is 4.79 Å². The largest absolute Gasteiger partial charge is 0.339 e. The van der Waals surface area contributed by atoms with Crippen molar-refractivity contribution in [3.05, 3.63) is 35.9 Å². The molecule has 4 fully saturated rings. The van der Waals surface area contributed by atoms with Gasteiger partial charge in [0.05, 0.1) is 6.42 Å². The number of nitrogens with zero attached hydrogens (tertiary/aromatic N) is 1. The Bertz CT molecular complexity index is 501. The highest BCUT2D eigenvalue weighted by Gasteiger charge is 2.50. The molecule has 20 heavy (non-hydrogen) atoms. The highest BCUT2D eigenvalue weighted by Crippen LogP contribution is 2.45. The minimum absolute atomic E-state index is 0.330. The zero-order valence-corrected chi connectivity index (χ0v) is 11.8. The number of nitrogens with one attached hydrogen (secondary N) is 1. The molecular formula is C17H22N2O. The van der Waals surface area contributed by atoms with E-state index in [1.165, 1.54) is 19.4 Å². The maximum Gasteiger partial charge on any atom is 0.227 e. The number of benzene rings is 1. The summed E-state index contributed by atoms with van der Waals surface area (Å²) >= 11 is 0. The van der Waals surface area contributed by atoms with Gasteiger partial charge in [0.1, 0.15) is 0 Å². The van der Waals surface area contributed by atoms with Crippen LogP contribution in [0.1, 0.15) is 18.4 Å². The molecule has 1 aromatic carbocycles. The maximum absolute atomic E-state index is 12.7. The molecule has 5 rings (SSSR count). The summed E-state index contributed by atoms with van der Waals surface area (Å²) in [6.45, 7) is 3.28. The van der Waals surface area contributed by atoms with Gasteiger partial charge in [-0.2, -0.15) is 0 Å². The summed E-state index contributed by atoms with van der Waals surface area (Å²) in [5, 5.41) is 3.54. The van der Waals surface area contributed by atoms with E-state index in [1.807, 2.05) is 18.2 Å². The molecule has 3 heterocycles. The molecule has 1 saturated carbocycles. The molecule has 0 aromatic heterocycles. The van der Waals surface area contributed by atoms with Crippen LogP contribution < -0.4 is 5.32 Å². The summed E-state index contributed by atoms with van der Waals surface area (Å²) in [5.41, 5.74) is 1.14. The van der Waals surface area contributed by atoms with E-state index in [1.54, 1.807) is 0 Å². The number of carbonyl (C=O) groups excluding carboxylic acids is 1. The van der Waals surface area contributed by atoms with Gasteiger partial charge in [-0.05, 0) is 42.7 Å². The number of rotatable bonds is 2. The fourth-order valence-corrected chi connectivity index (χ4v) is 4.63. The van der Waals surface area contributed by atoms with Crippen LogP contribution in [0.2, 0.25) is 0 Å². The number of amides is 1. The third-order valence-corrected chi connectivity index (χ3v) is 5.59. The van der Waals surface area contributed by atoms with Crippen LogP contribution in [0.5, 0.6) is 0 Å². The van der Waals surface area contributed by atoms with Crippen molar-refractivity contribution in [3.8, 4) is 0 Å². The molecule has 0 radical (unpaired) electrons. The van der Waals surface area contributed by atoms with Crippen molar-refractivity contribution in [2.24, 2.45) is 17.8 Å². The summed E-state index contributed by atoms with van der Waals surface area (Å²) < 4.78 is 0. The van der Waals surface area contributed by atoms with Crippen LogP contribution in [-0.2, 0) is 11.2 Å². The first-order valence-electron chi connectivity index (χ1n) is 7.87. The van der Waals surface area contributed by atoms with Crippen molar-refractivity contribution in [1.82, 2.24) is 10.2 Å². The van der Waals surface area contributed by atoms with E-state index in [0.717, 1.165) is 30.5 Å². The van der Waals surface area contributed by atoms with Gasteiger partial charge >= 0.3 is 0 Å². The topological polar surface area (TPSA) is 32.3 Å². The van der Waals surface area contributed by atoms with Crippen molar-refractivity contribution in [2.45, 2.75) is 25.3 Å². The summed E-state index contributed by atoms with van der Waals surface area (Å²) in [6, 6.07) is 10.6. The summed E-state index contributed by atoms with van der Waals surface area (Å²) in [5.74, 6) is 2.60. The molecule has 1 aliphatic carbocycles. The Labute approximate surface area is 120 Å². The highest BCUT2D eigenvalue weighted by atomic mass is 16.2. The van der Waals surface area contributed by atoms with E-state index in [-0.39, 0.29) is 0 Å². The molecule has 2 bridgehead atoms. The fraction of sp³-hybridized carbons (Fsp3) is 0.588. The van der Waals surface area contributed by atoms with E-state index in [4.69, 9.17) is 0 Å². The predicted octanol–water partition coefficient (Wildman–Crippen LogP) is 1.69. The Balaban J connectivity index is 1.50. The van der Waals surface area contributed by atoms with Gasteiger partial charge in [0, 0.05) is 19.1 Å². The molecule has 3 aliphatic heterocycles. The molecule has 0 spiro atoms. The molecule has 3 nitrogen and oxygen atoms in total. The average Bonchev–Trinajstić information content (AvgIpc) is 3.00. The number of carbonyl (C=O) groups is 1. The summed E-state index contributed by atoms with van der Waals surface area (Å²) in [4.78, 5) is 14.9. The van der Waals surface area contributed by atoms with Crippen LogP contribution in [-0.4, -0.2) is 36.5 Å². The van der Waals surface area contributed by atoms with Crippen LogP contribution >= 0.6 is 0 Å². The molecule has 4 aliphatic rings. The first kappa shape index (κ1) is 12.4. The van der Waals surface area contributed by atoms with Gasteiger partial charge in [-0.25, -0.2) is 0 Å². The molecule has 4 atom stereocenters. The van der Waals surface area contributed by atoms with Crippen molar-refractivity contribution in [2.75, 3.05) is 19.6 Å².